The maximum atomic E-state index is 11.8. The molecule has 0 atom stereocenters. The summed E-state index contributed by atoms with van der Waals surface area (Å²) in [7, 11) is 0. The van der Waals surface area contributed by atoms with Crippen molar-refractivity contribution < 1.29 is 0 Å². The summed E-state index contributed by atoms with van der Waals surface area (Å²) in [5, 5.41) is 0. The third kappa shape index (κ3) is 1.87. The Hall–Kier alpha value is -0.640. The standard InChI is InChI=1S/C11H18N2OS/c1-2-12-6-7-13(10(12)14)8-11(9-15)4-3-5-11/h6-7,15H,2-5,8-9H2,1H3. The summed E-state index contributed by atoms with van der Waals surface area (Å²) in [4.78, 5) is 11.8. The van der Waals surface area contributed by atoms with E-state index in [1.165, 1.54) is 19.3 Å². The van der Waals surface area contributed by atoms with Crippen molar-refractivity contribution in [1.82, 2.24) is 9.13 Å². The molecule has 1 fully saturated rings. The van der Waals surface area contributed by atoms with Crippen LogP contribution in [-0.2, 0) is 13.1 Å². The summed E-state index contributed by atoms with van der Waals surface area (Å²) < 4.78 is 3.57. The van der Waals surface area contributed by atoms with Crippen LogP contribution in [0.1, 0.15) is 26.2 Å². The fourth-order valence-corrected chi connectivity index (χ4v) is 2.64. The summed E-state index contributed by atoms with van der Waals surface area (Å²) in [6.07, 6.45) is 7.47. The SMILES string of the molecule is CCn1ccn(CC2(CS)CCC2)c1=O. The average Bonchev–Trinajstić information content (AvgIpc) is 2.53. The second-order valence-electron chi connectivity index (χ2n) is 4.51. The molecule has 1 aromatic rings. The predicted molar refractivity (Wildman–Crippen MR) is 64.5 cm³/mol. The molecule has 1 aliphatic carbocycles. The van der Waals surface area contributed by atoms with E-state index in [-0.39, 0.29) is 11.1 Å². The fourth-order valence-electron chi connectivity index (χ4n) is 2.22. The molecule has 3 nitrogen and oxygen atoms in total. The van der Waals surface area contributed by atoms with Gasteiger partial charge in [0, 0.05) is 25.5 Å². The van der Waals surface area contributed by atoms with Gasteiger partial charge in [-0.1, -0.05) is 6.42 Å². The van der Waals surface area contributed by atoms with Gasteiger partial charge in [0.05, 0.1) is 0 Å². The molecule has 0 bridgehead atoms. The van der Waals surface area contributed by atoms with Gasteiger partial charge in [0.15, 0.2) is 0 Å². The summed E-state index contributed by atoms with van der Waals surface area (Å²) in [5.74, 6) is 0.886. The summed E-state index contributed by atoms with van der Waals surface area (Å²) >= 11 is 4.40. The van der Waals surface area contributed by atoms with Crippen molar-refractivity contribution in [2.45, 2.75) is 39.3 Å². The summed E-state index contributed by atoms with van der Waals surface area (Å²) in [6.45, 7) is 3.57. The van der Waals surface area contributed by atoms with Crippen LogP contribution >= 0.6 is 12.6 Å². The van der Waals surface area contributed by atoms with E-state index in [9.17, 15) is 4.79 Å². The van der Waals surface area contributed by atoms with Gasteiger partial charge in [0.2, 0.25) is 0 Å². The van der Waals surface area contributed by atoms with Crippen molar-refractivity contribution in [1.29, 1.82) is 0 Å². The lowest BCUT2D eigenvalue weighted by Gasteiger charge is -2.40. The molecule has 1 heterocycles. The highest BCUT2D eigenvalue weighted by Crippen LogP contribution is 2.42. The first kappa shape index (κ1) is 10.9. The Kier molecular flexibility index (Phi) is 2.96. The van der Waals surface area contributed by atoms with E-state index in [0.717, 1.165) is 18.8 Å². The van der Waals surface area contributed by atoms with E-state index in [1.807, 2.05) is 23.9 Å². The lowest BCUT2D eigenvalue weighted by atomic mass is 9.70. The molecule has 0 aromatic carbocycles. The van der Waals surface area contributed by atoms with E-state index in [2.05, 4.69) is 12.6 Å². The topological polar surface area (TPSA) is 26.9 Å². The largest absolute Gasteiger partial charge is 0.328 e. The molecule has 0 amide bonds. The molecule has 4 heteroatoms. The van der Waals surface area contributed by atoms with Gasteiger partial charge in [-0.2, -0.15) is 12.6 Å². The Morgan fingerprint density at radius 1 is 1.40 bits per heavy atom. The van der Waals surface area contributed by atoms with E-state index in [1.54, 1.807) is 4.57 Å². The van der Waals surface area contributed by atoms with Gasteiger partial charge in [-0.15, -0.1) is 0 Å². The molecule has 0 unspecified atom stereocenters. The smallest absolute Gasteiger partial charge is 0.300 e. The normalized spacial score (nSPS) is 18.8. The van der Waals surface area contributed by atoms with Crippen molar-refractivity contribution in [3.8, 4) is 0 Å². The highest BCUT2D eigenvalue weighted by Gasteiger charge is 2.36. The lowest BCUT2D eigenvalue weighted by Crippen LogP contribution is -2.39. The van der Waals surface area contributed by atoms with Crippen LogP contribution in [0.2, 0.25) is 0 Å². The number of thiol groups is 1. The quantitative estimate of drug-likeness (QED) is 0.778. The van der Waals surface area contributed by atoms with Gasteiger partial charge in [0.1, 0.15) is 0 Å². The second kappa shape index (κ2) is 4.08. The van der Waals surface area contributed by atoms with Crippen LogP contribution in [0.15, 0.2) is 17.2 Å². The van der Waals surface area contributed by atoms with Crippen molar-refractivity contribution in [2.24, 2.45) is 5.41 Å². The number of hydrogen-bond donors (Lipinski definition) is 1. The second-order valence-corrected chi connectivity index (χ2v) is 4.82. The zero-order valence-corrected chi connectivity index (χ0v) is 10.0. The molecule has 0 N–H and O–H groups in total. The van der Waals surface area contributed by atoms with Crippen molar-refractivity contribution >= 4 is 12.6 Å². The van der Waals surface area contributed by atoms with Crippen LogP contribution < -0.4 is 5.69 Å². The van der Waals surface area contributed by atoms with Crippen LogP contribution in [0.25, 0.3) is 0 Å². The minimum atomic E-state index is 0.116. The lowest BCUT2D eigenvalue weighted by molar-refractivity contribution is 0.137. The molecular formula is C11H18N2OS. The van der Waals surface area contributed by atoms with Crippen molar-refractivity contribution in [3.05, 3.63) is 22.9 Å². The highest BCUT2D eigenvalue weighted by molar-refractivity contribution is 7.80. The average molecular weight is 226 g/mol. The predicted octanol–water partition coefficient (Wildman–Crippen LogP) is 1.77. The Labute approximate surface area is 95.5 Å². The van der Waals surface area contributed by atoms with Crippen LogP contribution in [-0.4, -0.2) is 14.9 Å². The van der Waals surface area contributed by atoms with Crippen LogP contribution in [0.5, 0.6) is 0 Å². The monoisotopic (exact) mass is 226 g/mol. The van der Waals surface area contributed by atoms with Crippen LogP contribution in [0, 0.1) is 5.41 Å². The Morgan fingerprint density at radius 3 is 2.47 bits per heavy atom. The number of aryl methyl sites for hydroxylation is 1. The molecule has 1 saturated carbocycles. The molecule has 15 heavy (non-hydrogen) atoms. The Balaban J connectivity index is 2.17. The Bertz CT molecular complexity index is 384. The fraction of sp³-hybridized carbons (Fsp3) is 0.727. The molecule has 0 radical (unpaired) electrons. The highest BCUT2D eigenvalue weighted by atomic mass is 32.1. The summed E-state index contributed by atoms with van der Waals surface area (Å²) in [6, 6.07) is 0. The molecule has 84 valence electrons. The maximum absolute atomic E-state index is 11.8. The van der Waals surface area contributed by atoms with Crippen LogP contribution in [0.4, 0.5) is 0 Å². The zero-order chi connectivity index (χ0) is 10.9. The summed E-state index contributed by atoms with van der Waals surface area (Å²) in [5.41, 5.74) is 0.401. The number of rotatable bonds is 4. The van der Waals surface area contributed by atoms with E-state index < -0.39 is 0 Å². The van der Waals surface area contributed by atoms with E-state index >= 15 is 0 Å². The first-order chi connectivity index (χ1) is 7.21. The third-order valence-electron chi connectivity index (χ3n) is 3.51. The first-order valence-electron chi connectivity index (χ1n) is 5.57. The molecule has 2 rings (SSSR count). The molecule has 1 aliphatic rings. The van der Waals surface area contributed by atoms with Gasteiger partial charge in [0.25, 0.3) is 0 Å². The number of imidazole rings is 1. The molecule has 0 spiro atoms. The van der Waals surface area contributed by atoms with Gasteiger partial charge >= 0.3 is 5.69 Å². The number of hydrogen-bond acceptors (Lipinski definition) is 2. The minimum Gasteiger partial charge on any atom is -0.300 e. The van der Waals surface area contributed by atoms with E-state index in [0.29, 0.717) is 0 Å². The van der Waals surface area contributed by atoms with Gasteiger partial charge in [-0.05, 0) is 30.9 Å². The maximum Gasteiger partial charge on any atom is 0.328 e. The third-order valence-corrected chi connectivity index (χ3v) is 4.18. The minimum absolute atomic E-state index is 0.116. The molecular weight excluding hydrogens is 208 g/mol. The molecule has 1 aromatic heterocycles. The van der Waals surface area contributed by atoms with Crippen LogP contribution in [0.3, 0.4) is 0 Å². The molecule has 0 saturated heterocycles. The van der Waals surface area contributed by atoms with Gasteiger partial charge < -0.3 is 0 Å². The van der Waals surface area contributed by atoms with Gasteiger partial charge in [-0.3, -0.25) is 9.13 Å². The van der Waals surface area contributed by atoms with E-state index in [4.69, 9.17) is 0 Å². The number of aromatic nitrogens is 2. The van der Waals surface area contributed by atoms with Crippen molar-refractivity contribution in [2.75, 3.05) is 5.75 Å². The van der Waals surface area contributed by atoms with Crippen molar-refractivity contribution in [3.63, 3.8) is 0 Å². The number of nitrogens with zero attached hydrogens (tertiary/aromatic N) is 2. The zero-order valence-electron chi connectivity index (χ0n) is 9.15. The first-order valence-corrected chi connectivity index (χ1v) is 6.20. The molecule has 0 aliphatic heterocycles. The van der Waals surface area contributed by atoms with Gasteiger partial charge in [-0.25, -0.2) is 4.79 Å². The Morgan fingerprint density at radius 2 is 2.07 bits per heavy atom.